The molecule has 1 atom stereocenters. The minimum absolute atomic E-state index is 0.193. The van der Waals surface area contributed by atoms with Crippen LogP contribution in [0.2, 0.25) is 0 Å². The number of carbonyl (C=O) groups is 2. The van der Waals surface area contributed by atoms with Crippen LogP contribution in [0.25, 0.3) is 0 Å². The lowest BCUT2D eigenvalue weighted by Crippen LogP contribution is -2.20. The highest BCUT2D eigenvalue weighted by Crippen LogP contribution is 2.39. The van der Waals surface area contributed by atoms with Crippen molar-refractivity contribution in [3.63, 3.8) is 0 Å². The number of hydrogen-bond donors (Lipinski definition) is 2. The van der Waals surface area contributed by atoms with E-state index in [1.54, 1.807) is 42.5 Å². The summed E-state index contributed by atoms with van der Waals surface area (Å²) in [5.74, 6) is 1.50. The second-order valence-corrected chi connectivity index (χ2v) is 9.95. The first-order chi connectivity index (χ1) is 19.6. The minimum Gasteiger partial charge on any atom is -0.496 e. The molecule has 0 spiro atoms. The Labute approximate surface area is 236 Å². The zero-order valence-corrected chi connectivity index (χ0v) is 22.8. The van der Waals surface area contributed by atoms with E-state index in [9.17, 15) is 9.59 Å². The molecule has 9 heteroatoms. The van der Waals surface area contributed by atoms with Gasteiger partial charge in [0.2, 0.25) is 5.91 Å². The topological polar surface area (TPSA) is 95.1 Å². The molecule has 0 aliphatic carbocycles. The molecule has 0 saturated carbocycles. The third-order valence-electron chi connectivity index (χ3n) is 6.15. The van der Waals surface area contributed by atoms with Gasteiger partial charge >= 0.3 is 0 Å². The van der Waals surface area contributed by atoms with Crippen molar-refractivity contribution in [1.82, 2.24) is 0 Å². The highest BCUT2D eigenvalue weighted by molar-refractivity contribution is 8.00. The summed E-state index contributed by atoms with van der Waals surface area (Å²) in [5.41, 5.74) is 2.33. The Balaban J connectivity index is 1.36. The van der Waals surface area contributed by atoms with Crippen LogP contribution in [-0.2, 0) is 4.79 Å². The number of thioether (sulfide) groups is 1. The van der Waals surface area contributed by atoms with E-state index >= 15 is 0 Å². The molecule has 1 heterocycles. The Hall–Kier alpha value is -4.63. The maximum absolute atomic E-state index is 13.6. The Kier molecular flexibility index (Phi) is 8.41. The van der Waals surface area contributed by atoms with E-state index in [0.29, 0.717) is 53.2 Å². The lowest BCUT2D eigenvalue weighted by Gasteiger charge is -2.20. The summed E-state index contributed by atoms with van der Waals surface area (Å²) >= 11 is 1.38. The summed E-state index contributed by atoms with van der Waals surface area (Å²) in [5, 5.41) is 5.37. The monoisotopic (exact) mass is 556 g/mol. The number of methoxy groups -OCH3 is 2. The van der Waals surface area contributed by atoms with Gasteiger partial charge in [0.25, 0.3) is 5.91 Å². The number of benzene rings is 4. The summed E-state index contributed by atoms with van der Waals surface area (Å²) in [6, 6.07) is 27.4. The second kappa shape index (κ2) is 12.5. The zero-order valence-electron chi connectivity index (χ0n) is 22.0. The molecular weight excluding hydrogens is 528 g/mol. The summed E-state index contributed by atoms with van der Waals surface area (Å²) < 4.78 is 22.0. The van der Waals surface area contributed by atoms with Crippen LogP contribution in [-0.4, -0.2) is 39.2 Å². The fourth-order valence-corrected chi connectivity index (χ4v) is 5.37. The first-order valence-electron chi connectivity index (χ1n) is 12.6. The number of anilines is 2. The minimum atomic E-state index is -0.560. The molecule has 0 radical (unpaired) electrons. The highest BCUT2D eigenvalue weighted by Gasteiger charge is 2.24. The first kappa shape index (κ1) is 27.0. The van der Waals surface area contributed by atoms with E-state index in [-0.39, 0.29) is 11.8 Å². The largest absolute Gasteiger partial charge is 0.496 e. The predicted octanol–water partition coefficient (Wildman–Crippen LogP) is 6.20. The standard InChI is InChI=1S/C31H28N2O6S/c1-36-25-12-7-13-26(37-2)28(25)30(34)32-21-10-6-11-23(18-21)40-29(20-8-4-3-5-9-20)31(35)33-22-14-15-24-27(19-22)39-17-16-38-24/h3-15,18-19,29H,16-17H2,1-2H3,(H,32,34)(H,33,35). The molecule has 0 bridgehead atoms. The summed E-state index contributed by atoms with van der Waals surface area (Å²) in [7, 11) is 3.01. The van der Waals surface area contributed by atoms with Crippen molar-refractivity contribution in [1.29, 1.82) is 0 Å². The van der Waals surface area contributed by atoms with Gasteiger partial charge in [0, 0.05) is 22.3 Å². The quantitative estimate of drug-likeness (QED) is 0.237. The number of nitrogens with one attached hydrogen (secondary N) is 2. The fraction of sp³-hybridized carbons (Fsp3) is 0.161. The van der Waals surface area contributed by atoms with Gasteiger partial charge < -0.3 is 29.6 Å². The molecule has 0 saturated heterocycles. The molecule has 2 amide bonds. The fourth-order valence-electron chi connectivity index (χ4n) is 4.28. The van der Waals surface area contributed by atoms with E-state index < -0.39 is 5.25 Å². The van der Waals surface area contributed by atoms with Gasteiger partial charge in [0.15, 0.2) is 11.5 Å². The van der Waals surface area contributed by atoms with Gasteiger partial charge in [-0.3, -0.25) is 9.59 Å². The maximum atomic E-state index is 13.6. The molecule has 4 aromatic rings. The smallest absolute Gasteiger partial charge is 0.263 e. The van der Waals surface area contributed by atoms with Crippen LogP contribution >= 0.6 is 11.8 Å². The van der Waals surface area contributed by atoms with Gasteiger partial charge in [-0.05, 0) is 48.0 Å². The SMILES string of the molecule is COc1cccc(OC)c1C(=O)Nc1cccc(SC(C(=O)Nc2ccc3c(c2)OCCO3)c2ccccc2)c1. The summed E-state index contributed by atoms with van der Waals surface area (Å²) in [4.78, 5) is 27.6. The average molecular weight is 557 g/mol. The number of carbonyl (C=O) groups excluding carboxylic acids is 2. The van der Waals surface area contributed by atoms with Crippen molar-refractivity contribution in [3.8, 4) is 23.0 Å². The van der Waals surface area contributed by atoms with Gasteiger partial charge in [-0.15, -0.1) is 11.8 Å². The van der Waals surface area contributed by atoms with E-state index in [1.807, 2.05) is 48.5 Å². The molecule has 0 fully saturated rings. The van der Waals surface area contributed by atoms with Crippen molar-refractivity contribution in [2.24, 2.45) is 0 Å². The lowest BCUT2D eigenvalue weighted by atomic mass is 10.1. The Bertz CT molecular complexity index is 1490. The molecule has 40 heavy (non-hydrogen) atoms. The van der Waals surface area contributed by atoms with Crippen LogP contribution in [0.1, 0.15) is 21.2 Å². The number of ether oxygens (including phenoxy) is 4. The summed E-state index contributed by atoms with van der Waals surface area (Å²) in [6.45, 7) is 0.959. The lowest BCUT2D eigenvalue weighted by molar-refractivity contribution is -0.115. The van der Waals surface area contributed by atoms with E-state index in [2.05, 4.69) is 10.6 Å². The van der Waals surface area contributed by atoms with E-state index in [4.69, 9.17) is 18.9 Å². The van der Waals surface area contributed by atoms with Gasteiger partial charge in [-0.2, -0.15) is 0 Å². The van der Waals surface area contributed by atoms with E-state index in [0.717, 1.165) is 10.5 Å². The van der Waals surface area contributed by atoms with Crippen LogP contribution in [0.5, 0.6) is 23.0 Å². The predicted molar refractivity (Wildman–Crippen MR) is 155 cm³/mol. The van der Waals surface area contributed by atoms with Crippen molar-refractivity contribution in [2.45, 2.75) is 10.1 Å². The third kappa shape index (κ3) is 6.16. The number of fused-ring (bicyclic) bond motifs is 1. The van der Waals surface area contributed by atoms with Crippen molar-refractivity contribution < 1.29 is 28.5 Å². The molecule has 0 aromatic heterocycles. The molecular formula is C31H28N2O6S. The molecule has 1 aliphatic heterocycles. The van der Waals surface area contributed by atoms with Crippen LogP contribution < -0.4 is 29.6 Å². The molecule has 8 nitrogen and oxygen atoms in total. The molecule has 5 rings (SSSR count). The highest BCUT2D eigenvalue weighted by atomic mass is 32.2. The molecule has 1 aliphatic rings. The van der Waals surface area contributed by atoms with Crippen LogP contribution in [0.4, 0.5) is 11.4 Å². The van der Waals surface area contributed by atoms with Gasteiger partial charge in [-0.25, -0.2) is 0 Å². The Morgan fingerprint density at radius 2 is 1.43 bits per heavy atom. The van der Waals surface area contributed by atoms with Crippen LogP contribution in [0.15, 0.2) is 95.9 Å². The van der Waals surface area contributed by atoms with Crippen molar-refractivity contribution in [3.05, 3.63) is 102 Å². The molecule has 4 aromatic carbocycles. The summed E-state index contributed by atoms with van der Waals surface area (Å²) in [6.07, 6.45) is 0. The number of rotatable bonds is 9. The van der Waals surface area contributed by atoms with Gasteiger partial charge in [0.05, 0.1) is 14.2 Å². The zero-order chi connectivity index (χ0) is 27.9. The normalized spacial score (nSPS) is 12.7. The van der Waals surface area contributed by atoms with Crippen molar-refractivity contribution in [2.75, 3.05) is 38.1 Å². The van der Waals surface area contributed by atoms with Crippen molar-refractivity contribution >= 4 is 35.0 Å². The third-order valence-corrected chi connectivity index (χ3v) is 7.40. The van der Waals surface area contributed by atoms with Gasteiger partial charge in [0.1, 0.15) is 35.5 Å². The average Bonchev–Trinajstić information content (AvgIpc) is 2.99. The van der Waals surface area contributed by atoms with E-state index in [1.165, 1.54) is 26.0 Å². The molecule has 1 unspecified atom stereocenters. The first-order valence-corrected chi connectivity index (χ1v) is 13.5. The van der Waals surface area contributed by atoms with Crippen LogP contribution in [0, 0.1) is 0 Å². The van der Waals surface area contributed by atoms with Crippen LogP contribution in [0.3, 0.4) is 0 Å². The Morgan fingerprint density at radius 3 is 2.15 bits per heavy atom. The van der Waals surface area contributed by atoms with Gasteiger partial charge in [-0.1, -0.05) is 42.5 Å². The number of amides is 2. The maximum Gasteiger partial charge on any atom is 0.263 e. The second-order valence-electron chi connectivity index (χ2n) is 8.78. The molecule has 2 N–H and O–H groups in total. The number of hydrogen-bond acceptors (Lipinski definition) is 7. The molecule has 204 valence electrons. The Morgan fingerprint density at radius 1 is 0.750 bits per heavy atom.